The number of anilines is 3. The molecule has 7 aliphatic rings. The van der Waals surface area contributed by atoms with Crippen LogP contribution in [-0.2, 0) is 14.3 Å². The lowest BCUT2D eigenvalue weighted by atomic mass is 9.57. The van der Waals surface area contributed by atoms with Crippen LogP contribution in [0.25, 0.3) is 5.65 Å². The van der Waals surface area contributed by atoms with Gasteiger partial charge in [-0.15, -0.1) is 0 Å². The molecule has 5 amide bonds. The van der Waals surface area contributed by atoms with E-state index in [1.165, 1.54) is 17.8 Å². The third-order valence-electron chi connectivity index (χ3n) is 15.5. The van der Waals surface area contributed by atoms with Crippen molar-refractivity contribution in [1.82, 2.24) is 39.1 Å². The number of rotatable bonds is 11. The Balaban J connectivity index is 0.645. The summed E-state index contributed by atoms with van der Waals surface area (Å²) in [5.41, 5.74) is 1.59. The first-order valence-electron chi connectivity index (χ1n) is 23.1. The summed E-state index contributed by atoms with van der Waals surface area (Å²) >= 11 is 0. The highest BCUT2D eigenvalue weighted by Gasteiger charge is 2.49. The molecule has 1 spiro atoms. The Morgan fingerprint density at radius 2 is 1.77 bits per heavy atom. The van der Waals surface area contributed by atoms with Crippen molar-refractivity contribution in [2.24, 2.45) is 17.3 Å². The number of aromatic nitrogens is 5. The molecular formula is C46H53F2N11O6. The van der Waals surface area contributed by atoms with E-state index in [1.54, 1.807) is 29.2 Å². The summed E-state index contributed by atoms with van der Waals surface area (Å²) in [7, 11) is 1.39. The maximum atomic E-state index is 14.3. The van der Waals surface area contributed by atoms with Crippen molar-refractivity contribution in [1.29, 1.82) is 0 Å². The van der Waals surface area contributed by atoms with Gasteiger partial charge < -0.3 is 25.2 Å². The highest BCUT2D eigenvalue weighted by Crippen LogP contribution is 2.53. The highest BCUT2D eigenvalue weighted by molar-refractivity contribution is 6.25. The number of likely N-dealkylation sites (tertiary alicyclic amines) is 2. The van der Waals surface area contributed by atoms with Crippen LogP contribution in [0.5, 0.6) is 0 Å². The molecule has 65 heavy (non-hydrogen) atoms. The summed E-state index contributed by atoms with van der Waals surface area (Å²) in [6, 6.07) is 6.27. The molecule has 2 N–H and O–H groups in total. The number of nitrogens with one attached hydrogen (secondary N) is 2. The second kappa shape index (κ2) is 16.3. The fourth-order valence-corrected chi connectivity index (χ4v) is 11.9. The van der Waals surface area contributed by atoms with E-state index in [-0.39, 0.29) is 53.8 Å². The topological polar surface area (TPSA) is 180 Å². The lowest BCUT2D eigenvalue weighted by Gasteiger charge is -2.53. The first-order chi connectivity index (χ1) is 31.4. The number of hydrogen-bond donors (Lipinski definition) is 2. The summed E-state index contributed by atoms with van der Waals surface area (Å²) in [4.78, 5) is 77.0. The van der Waals surface area contributed by atoms with E-state index in [0.29, 0.717) is 47.3 Å². The molecule has 3 atom stereocenters. The molecule has 342 valence electrons. The minimum Gasteiger partial charge on any atom is -0.384 e. The quantitative estimate of drug-likeness (QED) is 0.189. The fourth-order valence-electron chi connectivity index (χ4n) is 11.9. The monoisotopic (exact) mass is 893 g/mol. The molecule has 4 saturated heterocycles. The van der Waals surface area contributed by atoms with Crippen LogP contribution in [0.1, 0.15) is 120 Å². The average Bonchev–Trinajstić information content (AvgIpc) is 4.15. The van der Waals surface area contributed by atoms with Crippen LogP contribution in [0.15, 0.2) is 42.9 Å². The van der Waals surface area contributed by atoms with Gasteiger partial charge in [0.05, 0.1) is 47.8 Å². The number of amides is 5. The standard InChI is InChI=1S/C46H53F2N11O6/c1-54-37(60)10-9-35(44(54)63)59-43(62)31-3-2-4-33(38(31)45(59)64)49-20-27-18-46(19-27)12-15-55(16-13-46)22-26-5-7-28(8-6-26)58-24-34(39(53-58)40(47)48)51-42(61)32-21-50-57-14-11-36(52-41(32)57)56-23-30-17-29(56)25-65-30/h2-4,11,14,21,24,26-30,35,40,49H,5-10,12-13,15-20,22-23,25H2,1H3,(H,51,61)/t26-,28-,29-,30-,35?/m1/s1. The molecule has 17 nitrogen and oxygen atoms in total. The van der Waals surface area contributed by atoms with Crippen molar-refractivity contribution in [2.45, 2.75) is 101 Å². The normalized spacial score (nSPS) is 26.8. The second-order valence-corrected chi connectivity index (χ2v) is 19.5. The van der Waals surface area contributed by atoms with Crippen molar-refractivity contribution in [3.05, 3.63) is 65.2 Å². The van der Waals surface area contributed by atoms with Gasteiger partial charge in [-0.1, -0.05) is 6.07 Å². The number of hydrogen-bond acceptors (Lipinski definition) is 12. The van der Waals surface area contributed by atoms with Gasteiger partial charge in [-0.3, -0.25) is 38.5 Å². The zero-order chi connectivity index (χ0) is 44.7. The minimum absolute atomic E-state index is 0.00294. The van der Waals surface area contributed by atoms with E-state index in [2.05, 4.69) is 30.6 Å². The molecule has 5 aliphatic heterocycles. The van der Waals surface area contributed by atoms with E-state index in [4.69, 9.17) is 9.72 Å². The molecule has 2 saturated carbocycles. The molecular weight excluding hydrogens is 841 g/mol. The predicted molar refractivity (Wildman–Crippen MR) is 232 cm³/mol. The van der Waals surface area contributed by atoms with E-state index in [0.717, 1.165) is 99.6 Å². The Hall–Kier alpha value is -5.82. The first-order valence-corrected chi connectivity index (χ1v) is 23.1. The molecule has 19 heteroatoms. The molecule has 2 bridgehead atoms. The number of carbonyl (C=O) groups is 5. The maximum absolute atomic E-state index is 14.3. The number of imide groups is 2. The smallest absolute Gasteiger partial charge is 0.284 e. The number of likely N-dealkylation sites (N-methyl/N-ethyl adjacent to an activating group) is 1. The van der Waals surface area contributed by atoms with Gasteiger partial charge >= 0.3 is 0 Å². The van der Waals surface area contributed by atoms with Crippen molar-refractivity contribution < 1.29 is 37.5 Å². The summed E-state index contributed by atoms with van der Waals surface area (Å²) < 4.78 is 37.5. The third-order valence-corrected chi connectivity index (χ3v) is 15.5. The molecule has 8 heterocycles. The van der Waals surface area contributed by atoms with Crippen molar-refractivity contribution in [3.63, 3.8) is 0 Å². The lowest BCUT2D eigenvalue weighted by molar-refractivity contribution is -0.149. The summed E-state index contributed by atoms with van der Waals surface area (Å²) in [5, 5.41) is 14.8. The van der Waals surface area contributed by atoms with Crippen LogP contribution >= 0.6 is 0 Å². The lowest BCUT2D eigenvalue weighted by Crippen LogP contribution is -2.54. The maximum Gasteiger partial charge on any atom is 0.284 e. The number of piperidine rings is 2. The number of fused-ring (bicyclic) bond motifs is 4. The van der Waals surface area contributed by atoms with Crippen LogP contribution in [0.2, 0.25) is 0 Å². The van der Waals surface area contributed by atoms with Crippen molar-refractivity contribution in [3.8, 4) is 0 Å². The Labute approximate surface area is 373 Å². The largest absolute Gasteiger partial charge is 0.384 e. The zero-order valence-corrected chi connectivity index (χ0v) is 36.3. The number of morpholine rings is 1. The van der Waals surface area contributed by atoms with Gasteiger partial charge in [0.1, 0.15) is 17.4 Å². The Morgan fingerprint density at radius 3 is 2.51 bits per heavy atom. The minimum atomic E-state index is -2.86. The fraction of sp³-hybridized carbons (Fsp3) is 0.565. The number of nitrogens with zero attached hydrogens (tertiary/aromatic N) is 9. The number of halogens is 2. The molecule has 6 fully saturated rings. The van der Waals surface area contributed by atoms with Gasteiger partial charge in [0, 0.05) is 51.2 Å². The van der Waals surface area contributed by atoms with E-state index in [1.807, 2.05) is 12.1 Å². The van der Waals surface area contributed by atoms with Gasteiger partial charge in [0.2, 0.25) is 5.91 Å². The van der Waals surface area contributed by atoms with Gasteiger partial charge in [-0.05, 0) is 113 Å². The summed E-state index contributed by atoms with van der Waals surface area (Å²) in [6.07, 6.45) is 11.2. The first kappa shape index (κ1) is 41.9. The number of alkyl halides is 2. The SMILES string of the molecule is CN1C(=O)CCC(N2C(=O)c3cccc(NCC4CC5(CCN(C[C@H]6CC[C@H](n7cc(NC(=O)c8cnn9ccc(N%10C[C@H]%11C[C@@H]%10CO%11)nc89)c(C(F)F)n7)CC6)CC5)C4)c3C2=O)C1=O. The van der Waals surface area contributed by atoms with Crippen molar-refractivity contribution >= 4 is 52.4 Å². The molecule has 2 aliphatic carbocycles. The van der Waals surface area contributed by atoms with E-state index < -0.39 is 41.8 Å². The van der Waals surface area contributed by atoms with Crippen LogP contribution in [-0.4, -0.2) is 133 Å². The van der Waals surface area contributed by atoms with Crippen LogP contribution < -0.4 is 15.5 Å². The van der Waals surface area contributed by atoms with Gasteiger partial charge in [0.25, 0.3) is 30.1 Å². The van der Waals surface area contributed by atoms with Gasteiger partial charge in [-0.25, -0.2) is 18.3 Å². The summed E-state index contributed by atoms with van der Waals surface area (Å²) in [5.74, 6) is -0.721. The van der Waals surface area contributed by atoms with Gasteiger partial charge in [0.15, 0.2) is 11.3 Å². The zero-order valence-electron chi connectivity index (χ0n) is 36.3. The molecule has 3 aromatic heterocycles. The number of carbonyl (C=O) groups excluding carboxylic acids is 5. The molecule has 11 rings (SSSR count). The number of benzene rings is 1. The number of ether oxygens (including phenoxy) is 1. The Bertz CT molecular complexity index is 2570. The molecule has 4 aromatic rings. The van der Waals surface area contributed by atoms with Crippen LogP contribution in [0.4, 0.5) is 26.0 Å². The second-order valence-electron chi connectivity index (χ2n) is 19.5. The Morgan fingerprint density at radius 1 is 0.969 bits per heavy atom. The van der Waals surface area contributed by atoms with E-state index in [9.17, 15) is 32.8 Å². The van der Waals surface area contributed by atoms with E-state index >= 15 is 0 Å². The van der Waals surface area contributed by atoms with Crippen molar-refractivity contribution in [2.75, 3.05) is 61.9 Å². The molecule has 1 aromatic carbocycles. The Kier molecular flexibility index (Phi) is 10.5. The molecule has 0 radical (unpaired) electrons. The summed E-state index contributed by atoms with van der Waals surface area (Å²) in [6.45, 7) is 5.16. The van der Waals surface area contributed by atoms with Crippen LogP contribution in [0, 0.1) is 17.3 Å². The third kappa shape index (κ3) is 7.43. The molecule has 1 unspecified atom stereocenters. The van der Waals surface area contributed by atoms with Gasteiger partial charge in [-0.2, -0.15) is 10.2 Å². The van der Waals surface area contributed by atoms with Crippen LogP contribution in [0.3, 0.4) is 0 Å². The highest BCUT2D eigenvalue weighted by atomic mass is 19.3. The predicted octanol–water partition coefficient (Wildman–Crippen LogP) is 5.17. The average molecular weight is 894 g/mol.